The zero-order chi connectivity index (χ0) is 25.0. The lowest BCUT2D eigenvalue weighted by molar-refractivity contribution is 0.112. The Morgan fingerprint density at radius 1 is 1.26 bits per heavy atom. The van der Waals surface area contributed by atoms with Crippen LogP contribution in [0.1, 0.15) is 38.3 Å². The van der Waals surface area contributed by atoms with Gasteiger partial charge in [0.05, 0.1) is 5.69 Å². The molecule has 34 heavy (non-hydrogen) atoms. The Morgan fingerprint density at radius 2 is 2.00 bits per heavy atom. The molecule has 0 amide bonds. The summed E-state index contributed by atoms with van der Waals surface area (Å²) in [5, 5.41) is 7.89. The highest BCUT2D eigenvalue weighted by atomic mass is 19.1. The number of anilines is 1. The van der Waals surface area contributed by atoms with E-state index in [1.165, 1.54) is 18.3 Å². The summed E-state index contributed by atoms with van der Waals surface area (Å²) in [6.07, 6.45) is 3.91. The van der Waals surface area contributed by atoms with Crippen LogP contribution in [0.3, 0.4) is 0 Å². The zero-order valence-corrected chi connectivity index (χ0v) is 19.4. The fourth-order valence-corrected chi connectivity index (χ4v) is 3.91. The molecule has 0 fully saturated rings. The molecule has 1 aromatic heterocycles. The van der Waals surface area contributed by atoms with Crippen molar-refractivity contribution in [2.45, 2.75) is 25.4 Å². The van der Waals surface area contributed by atoms with Gasteiger partial charge in [-0.15, -0.1) is 0 Å². The predicted molar refractivity (Wildman–Crippen MR) is 135 cm³/mol. The number of carbonyl (C=O) groups excluding carboxylic acids is 1. The van der Waals surface area contributed by atoms with Crippen LogP contribution in [0.5, 0.6) is 0 Å². The van der Waals surface area contributed by atoms with E-state index >= 15 is 4.39 Å². The van der Waals surface area contributed by atoms with E-state index < -0.39 is 5.40 Å². The van der Waals surface area contributed by atoms with E-state index in [0.29, 0.717) is 46.6 Å². The van der Waals surface area contributed by atoms with Crippen LogP contribution in [0.15, 0.2) is 47.6 Å². The van der Waals surface area contributed by atoms with Crippen LogP contribution in [-0.4, -0.2) is 57.3 Å². The van der Waals surface area contributed by atoms with Gasteiger partial charge in [0.2, 0.25) is 0 Å². The molecule has 0 aliphatic carbocycles. The Balaban J connectivity index is 1.96. The number of nitrogens with two attached hydrogens (primary N) is 1. The lowest BCUT2D eigenvalue weighted by Crippen LogP contribution is -2.27. The molecule has 3 aromatic rings. The Labute approximate surface area is 201 Å². The third-order valence-corrected chi connectivity index (χ3v) is 5.61. The van der Waals surface area contributed by atoms with Crippen LogP contribution in [0.4, 0.5) is 10.1 Å². The van der Waals surface area contributed by atoms with Crippen molar-refractivity contribution in [1.29, 1.82) is 0 Å². The van der Waals surface area contributed by atoms with Gasteiger partial charge in [0.1, 0.15) is 21.5 Å². The first-order valence-corrected chi connectivity index (χ1v) is 10.6. The fourth-order valence-electron chi connectivity index (χ4n) is 3.91. The van der Waals surface area contributed by atoms with Gasteiger partial charge in [-0.05, 0) is 54.4 Å². The average molecular weight is 454 g/mol. The number of aldehydes is 1. The molecule has 0 atom stereocenters. The molecule has 0 aliphatic heterocycles. The number of aliphatic imine (C=N–C) groups is 1. The van der Waals surface area contributed by atoms with Gasteiger partial charge in [-0.3, -0.25) is 19.7 Å². The van der Waals surface area contributed by atoms with Crippen molar-refractivity contribution in [2.75, 3.05) is 19.8 Å². The molecule has 2 aromatic carbocycles. The number of nitrogens with zero attached hydrogens (tertiary/aromatic N) is 3. The predicted octanol–water partition coefficient (Wildman–Crippen LogP) is 2.71. The second kappa shape index (κ2) is 10.3. The SMILES string of the molecule is [B]C([B])(O)c1ccc(-c2cc(C)c(CN(C)Cc3ncccc3C=O)c(F)c2)c(C=NC)c1N. The minimum atomic E-state index is -2.12. The molecular formula is C25H25B2FN4O2. The minimum absolute atomic E-state index is 0.144. The average Bonchev–Trinajstić information content (AvgIpc) is 2.77. The Bertz CT molecular complexity index is 1220. The molecule has 0 spiro atoms. The summed E-state index contributed by atoms with van der Waals surface area (Å²) in [5.74, 6) is -0.380. The summed E-state index contributed by atoms with van der Waals surface area (Å²) in [6.45, 7) is 2.55. The monoisotopic (exact) mass is 454 g/mol. The van der Waals surface area contributed by atoms with Crippen LogP contribution >= 0.6 is 0 Å². The van der Waals surface area contributed by atoms with Gasteiger partial charge in [0, 0.05) is 60.3 Å². The maximum absolute atomic E-state index is 15.3. The number of hydrogen-bond donors (Lipinski definition) is 2. The normalized spacial score (nSPS) is 11.9. The lowest BCUT2D eigenvalue weighted by Gasteiger charge is -2.24. The molecule has 0 saturated heterocycles. The van der Waals surface area contributed by atoms with Gasteiger partial charge < -0.3 is 10.8 Å². The van der Waals surface area contributed by atoms with E-state index in [0.717, 1.165) is 11.8 Å². The molecule has 0 saturated carbocycles. The smallest absolute Gasteiger partial charge is 0.151 e. The quantitative estimate of drug-likeness (QED) is 0.237. The molecule has 3 N–H and O–H groups in total. The first-order chi connectivity index (χ1) is 16.1. The first-order valence-electron chi connectivity index (χ1n) is 10.6. The number of hydrogen-bond acceptors (Lipinski definition) is 6. The van der Waals surface area contributed by atoms with Crippen LogP contribution in [0.2, 0.25) is 0 Å². The van der Waals surface area contributed by atoms with Crippen molar-refractivity contribution < 1.29 is 14.3 Å². The number of benzene rings is 2. The van der Waals surface area contributed by atoms with E-state index in [1.807, 2.05) is 24.9 Å². The summed E-state index contributed by atoms with van der Waals surface area (Å²) < 4.78 is 15.3. The fraction of sp³-hybridized carbons (Fsp3) is 0.240. The van der Waals surface area contributed by atoms with E-state index in [4.69, 9.17) is 21.4 Å². The highest BCUT2D eigenvalue weighted by Gasteiger charge is 2.22. The molecule has 9 heteroatoms. The van der Waals surface area contributed by atoms with Crippen LogP contribution in [0.25, 0.3) is 11.1 Å². The summed E-state index contributed by atoms with van der Waals surface area (Å²) in [6, 6.07) is 9.90. The lowest BCUT2D eigenvalue weighted by atomic mass is 9.60. The number of aromatic nitrogens is 1. The standard InChI is InChI=1S/C25H25B2FN4O2/c1-15-9-17(18-6-7-21(25(26,27)34)24(29)19(18)11-30-2)10-22(28)20(15)12-32(3)13-23-16(14-33)5-4-8-31-23/h4-11,14,34H,12-13,29H2,1-3H3. The third kappa shape index (κ3) is 5.43. The molecule has 6 nitrogen and oxygen atoms in total. The number of nitrogen functional groups attached to an aromatic ring is 1. The second-order valence-electron chi connectivity index (χ2n) is 8.28. The summed E-state index contributed by atoms with van der Waals surface area (Å²) in [5.41, 5.74) is 10.7. The molecule has 0 bridgehead atoms. The minimum Gasteiger partial charge on any atom is -0.405 e. The second-order valence-corrected chi connectivity index (χ2v) is 8.28. The van der Waals surface area contributed by atoms with Crippen molar-refractivity contribution in [3.8, 4) is 11.1 Å². The van der Waals surface area contributed by atoms with E-state index in [-0.39, 0.29) is 17.1 Å². The Kier molecular flexibility index (Phi) is 7.69. The third-order valence-electron chi connectivity index (χ3n) is 5.61. The van der Waals surface area contributed by atoms with Gasteiger partial charge in [0.15, 0.2) is 6.29 Å². The van der Waals surface area contributed by atoms with Crippen molar-refractivity contribution in [3.05, 3.63) is 81.9 Å². The van der Waals surface area contributed by atoms with Gasteiger partial charge in [-0.1, -0.05) is 18.2 Å². The van der Waals surface area contributed by atoms with Gasteiger partial charge in [-0.2, -0.15) is 0 Å². The first kappa shape index (κ1) is 25.3. The molecule has 4 radical (unpaired) electrons. The van der Waals surface area contributed by atoms with Crippen molar-refractivity contribution in [3.63, 3.8) is 0 Å². The maximum Gasteiger partial charge on any atom is 0.151 e. The van der Waals surface area contributed by atoms with Crippen molar-refractivity contribution in [2.24, 2.45) is 4.99 Å². The Morgan fingerprint density at radius 3 is 2.62 bits per heavy atom. The number of aryl methyl sites for hydroxylation is 1. The van der Waals surface area contributed by atoms with E-state index in [1.54, 1.807) is 31.4 Å². The van der Waals surface area contributed by atoms with Gasteiger partial charge >= 0.3 is 0 Å². The molecule has 170 valence electrons. The van der Waals surface area contributed by atoms with Crippen LogP contribution in [0, 0.1) is 12.7 Å². The zero-order valence-electron chi connectivity index (χ0n) is 19.4. The summed E-state index contributed by atoms with van der Waals surface area (Å²) >= 11 is 0. The van der Waals surface area contributed by atoms with Gasteiger partial charge in [0.25, 0.3) is 0 Å². The molecule has 1 heterocycles. The van der Waals surface area contributed by atoms with Crippen LogP contribution < -0.4 is 5.73 Å². The highest BCUT2D eigenvalue weighted by Crippen LogP contribution is 2.34. The molecular weight excluding hydrogens is 429 g/mol. The Hall–Kier alpha value is -3.29. The van der Waals surface area contributed by atoms with Gasteiger partial charge in [-0.25, -0.2) is 4.39 Å². The van der Waals surface area contributed by atoms with E-state index in [2.05, 4.69) is 9.98 Å². The number of halogens is 1. The molecule has 0 unspecified atom stereocenters. The number of aliphatic hydroxyl groups is 1. The number of pyridine rings is 1. The van der Waals surface area contributed by atoms with E-state index in [9.17, 15) is 9.90 Å². The molecule has 3 rings (SSSR count). The largest absolute Gasteiger partial charge is 0.405 e. The number of rotatable bonds is 8. The maximum atomic E-state index is 15.3. The van der Waals surface area contributed by atoms with Crippen LogP contribution in [-0.2, 0) is 18.5 Å². The van der Waals surface area contributed by atoms with Crippen molar-refractivity contribution in [1.82, 2.24) is 9.88 Å². The summed E-state index contributed by atoms with van der Waals surface area (Å²) in [4.78, 5) is 21.4. The highest BCUT2D eigenvalue weighted by molar-refractivity contribution is 6.39. The topological polar surface area (TPSA) is 91.8 Å². The molecule has 0 aliphatic rings. The van der Waals surface area contributed by atoms with Crippen molar-refractivity contribution >= 4 is 33.9 Å². The summed E-state index contributed by atoms with van der Waals surface area (Å²) in [7, 11) is 14.7. The number of carbonyl (C=O) groups is 1.